The first-order valence-corrected chi connectivity index (χ1v) is 15.6. The van der Waals surface area contributed by atoms with Gasteiger partial charge in [0, 0.05) is 45.0 Å². The Morgan fingerprint density at radius 2 is 1.84 bits per heavy atom. The summed E-state index contributed by atoms with van der Waals surface area (Å²) in [7, 11) is -2.39. The summed E-state index contributed by atoms with van der Waals surface area (Å²) in [5.74, 6) is 0.389. The van der Waals surface area contributed by atoms with Crippen LogP contribution in [-0.4, -0.2) is 24.0 Å². The Labute approximate surface area is 235 Å². The van der Waals surface area contributed by atoms with Gasteiger partial charge in [0.1, 0.15) is 10.6 Å². The SMILES string of the molecule is Cc1sc(Cc2ccc(Br)cc2)c(C(=O)c2ccc(OS(=O)(=O)c3cnn(C)c3)c(C3CCCC3)c2)c1C. The number of ketones is 1. The molecule has 38 heavy (non-hydrogen) atoms. The lowest BCUT2D eigenvalue weighted by molar-refractivity contribution is 0.103. The predicted octanol–water partition coefficient (Wildman–Crippen LogP) is 7.11. The van der Waals surface area contributed by atoms with Crippen LogP contribution in [0.3, 0.4) is 0 Å². The van der Waals surface area contributed by atoms with E-state index >= 15 is 0 Å². The monoisotopic (exact) mass is 612 g/mol. The molecular weight excluding hydrogens is 584 g/mol. The van der Waals surface area contributed by atoms with Crippen LogP contribution < -0.4 is 4.18 Å². The first-order valence-electron chi connectivity index (χ1n) is 12.6. The summed E-state index contributed by atoms with van der Waals surface area (Å²) in [6, 6.07) is 13.3. The van der Waals surface area contributed by atoms with Gasteiger partial charge in [-0.3, -0.25) is 9.48 Å². The Kier molecular flexibility index (Phi) is 7.62. The van der Waals surface area contributed by atoms with Gasteiger partial charge in [-0.15, -0.1) is 11.3 Å². The van der Waals surface area contributed by atoms with Crippen LogP contribution >= 0.6 is 27.3 Å². The Morgan fingerprint density at radius 3 is 2.50 bits per heavy atom. The van der Waals surface area contributed by atoms with E-state index in [1.54, 1.807) is 30.5 Å². The highest BCUT2D eigenvalue weighted by molar-refractivity contribution is 9.10. The smallest absolute Gasteiger partial charge is 0.342 e. The zero-order chi connectivity index (χ0) is 27.0. The molecule has 0 bridgehead atoms. The molecule has 0 aliphatic heterocycles. The van der Waals surface area contributed by atoms with E-state index < -0.39 is 10.1 Å². The molecule has 5 rings (SSSR count). The molecule has 6 nitrogen and oxygen atoms in total. The topological polar surface area (TPSA) is 78.3 Å². The normalized spacial score (nSPS) is 14.2. The number of carbonyl (C=O) groups is 1. The second-order valence-corrected chi connectivity index (χ2v) is 13.6. The quantitative estimate of drug-likeness (QED) is 0.156. The first-order chi connectivity index (χ1) is 18.1. The van der Waals surface area contributed by atoms with Crippen LogP contribution in [0, 0.1) is 13.8 Å². The molecular formula is C29H29BrN2O4S2. The number of aryl methyl sites for hydroxylation is 2. The van der Waals surface area contributed by atoms with Gasteiger partial charge < -0.3 is 4.18 Å². The molecule has 198 valence electrons. The fourth-order valence-electron chi connectivity index (χ4n) is 5.07. The van der Waals surface area contributed by atoms with Gasteiger partial charge in [-0.25, -0.2) is 0 Å². The van der Waals surface area contributed by atoms with E-state index in [1.165, 1.54) is 17.1 Å². The van der Waals surface area contributed by atoms with Crippen molar-refractivity contribution >= 4 is 43.2 Å². The van der Waals surface area contributed by atoms with Gasteiger partial charge in [0.25, 0.3) is 0 Å². The first kappa shape index (κ1) is 26.8. The van der Waals surface area contributed by atoms with Crippen LogP contribution in [0.1, 0.15) is 74.0 Å². The fraction of sp³-hybridized carbons (Fsp3) is 0.310. The number of aromatic nitrogens is 2. The molecule has 1 saturated carbocycles. The molecule has 2 aromatic carbocycles. The van der Waals surface area contributed by atoms with Crippen molar-refractivity contribution in [3.05, 3.63) is 96.9 Å². The predicted molar refractivity (Wildman–Crippen MR) is 153 cm³/mol. The highest BCUT2D eigenvalue weighted by atomic mass is 79.9. The summed E-state index contributed by atoms with van der Waals surface area (Å²) in [6.07, 6.45) is 7.37. The summed E-state index contributed by atoms with van der Waals surface area (Å²) in [6.45, 7) is 4.05. The zero-order valence-corrected chi connectivity index (χ0v) is 24.7. The van der Waals surface area contributed by atoms with Crippen molar-refractivity contribution < 1.29 is 17.4 Å². The van der Waals surface area contributed by atoms with Crippen LogP contribution in [-0.2, 0) is 23.6 Å². The van der Waals surface area contributed by atoms with Gasteiger partial charge in [-0.1, -0.05) is 40.9 Å². The average molecular weight is 614 g/mol. The molecule has 9 heteroatoms. The number of thiophene rings is 1. The van der Waals surface area contributed by atoms with Crippen molar-refractivity contribution in [1.82, 2.24) is 9.78 Å². The van der Waals surface area contributed by atoms with Crippen molar-refractivity contribution in [2.24, 2.45) is 7.05 Å². The number of rotatable bonds is 8. The molecule has 0 N–H and O–H groups in total. The molecule has 0 atom stereocenters. The number of carbonyl (C=O) groups excluding carboxylic acids is 1. The molecule has 0 unspecified atom stereocenters. The maximum Gasteiger partial charge on any atom is 0.342 e. The molecule has 1 fully saturated rings. The van der Waals surface area contributed by atoms with Crippen LogP contribution in [0.2, 0.25) is 0 Å². The molecule has 0 radical (unpaired) electrons. The molecule has 2 heterocycles. The lowest BCUT2D eigenvalue weighted by atomic mass is 9.91. The van der Waals surface area contributed by atoms with E-state index in [1.807, 2.05) is 32.0 Å². The highest BCUT2D eigenvalue weighted by Crippen LogP contribution is 2.41. The van der Waals surface area contributed by atoms with Gasteiger partial charge in [0.05, 0.1) is 6.20 Å². The molecule has 2 aromatic heterocycles. The molecule has 4 aromatic rings. The van der Waals surface area contributed by atoms with E-state index in [9.17, 15) is 13.2 Å². The van der Waals surface area contributed by atoms with Gasteiger partial charge in [0.15, 0.2) is 5.78 Å². The average Bonchev–Trinajstić information content (AvgIpc) is 3.62. The van der Waals surface area contributed by atoms with Crippen LogP contribution in [0.5, 0.6) is 5.75 Å². The number of hydrogen-bond acceptors (Lipinski definition) is 6. The summed E-state index contributed by atoms with van der Waals surface area (Å²) in [5.41, 5.74) is 4.20. The molecule has 0 amide bonds. The third-order valence-electron chi connectivity index (χ3n) is 7.20. The van der Waals surface area contributed by atoms with Gasteiger partial charge in [-0.05, 0) is 79.6 Å². The molecule has 0 spiro atoms. The van der Waals surface area contributed by atoms with Gasteiger partial charge >= 0.3 is 10.1 Å². The lowest BCUT2D eigenvalue weighted by Crippen LogP contribution is -2.12. The van der Waals surface area contributed by atoms with Gasteiger partial charge in [-0.2, -0.15) is 13.5 Å². The third kappa shape index (κ3) is 5.51. The Morgan fingerprint density at radius 1 is 1.13 bits per heavy atom. The lowest BCUT2D eigenvalue weighted by Gasteiger charge is -2.17. The minimum Gasteiger partial charge on any atom is -0.379 e. The number of hydrogen-bond donors (Lipinski definition) is 0. The van der Waals surface area contributed by atoms with E-state index in [0.29, 0.717) is 12.0 Å². The van der Waals surface area contributed by atoms with Gasteiger partial charge in [0.2, 0.25) is 0 Å². The maximum absolute atomic E-state index is 14.0. The molecule has 1 aliphatic carbocycles. The second kappa shape index (κ2) is 10.8. The van der Waals surface area contributed by atoms with Crippen molar-refractivity contribution in [2.45, 2.75) is 56.8 Å². The summed E-state index contributed by atoms with van der Waals surface area (Å²) < 4.78 is 34.0. The van der Waals surface area contributed by atoms with Crippen molar-refractivity contribution in [3.8, 4) is 5.75 Å². The standard InChI is InChI=1S/C29H29BrN2O4S2/c1-18-19(2)37-27(14-20-8-11-23(30)12-9-20)28(18)29(33)22-10-13-26(25(15-22)21-6-4-5-7-21)36-38(34,35)24-16-31-32(3)17-24/h8-13,15-17,21H,4-7,14H2,1-3H3. The van der Waals surface area contributed by atoms with Crippen LogP contribution in [0.4, 0.5) is 0 Å². The van der Waals surface area contributed by atoms with Crippen LogP contribution in [0.25, 0.3) is 0 Å². The number of nitrogens with zero attached hydrogens (tertiary/aromatic N) is 2. The largest absolute Gasteiger partial charge is 0.379 e. The Bertz CT molecular complexity index is 1600. The van der Waals surface area contributed by atoms with Crippen molar-refractivity contribution in [3.63, 3.8) is 0 Å². The highest BCUT2D eigenvalue weighted by Gasteiger charge is 2.28. The fourth-order valence-corrected chi connectivity index (χ4v) is 7.48. The molecule has 1 aliphatic rings. The third-order valence-corrected chi connectivity index (χ3v) is 10.1. The minimum atomic E-state index is -4.05. The molecule has 0 saturated heterocycles. The van der Waals surface area contributed by atoms with Crippen LogP contribution in [0.15, 0.2) is 64.2 Å². The summed E-state index contributed by atoms with van der Waals surface area (Å²) >= 11 is 5.14. The van der Waals surface area contributed by atoms with E-state index in [4.69, 9.17) is 4.18 Å². The number of halogens is 1. The van der Waals surface area contributed by atoms with Crippen molar-refractivity contribution in [1.29, 1.82) is 0 Å². The maximum atomic E-state index is 14.0. The minimum absolute atomic E-state index is 0.000480. The summed E-state index contributed by atoms with van der Waals surface area (Å²) in [4.78, 5) is 16.1. The van der Waals surface area contributed by atoms with E-state index in [-0.39, 0.29) is 22.3 Å². The summed E-state index contributed by atoms with van der Waals surface area (Å²) in [5, 5.41) is 3.96. The Hall–Kier alpha value is -2.75. The van der Waals surface area contributed by atoms with Crippen molar-refractivity contribution in [2.75, 3.05) is 0 Å². The zero-order valence-electron chi connectivity index (χ0n) is 21.5. The Balaban J connectivity index is 1.51. The number of benzene rings is 2. The van der Waals surface area contributed by atoms with E-state index in [2.05, 4.69) is 33.2 Å². The van der Waals surface area contributed by atoms with E-state index in [0.717, 1.165) is 62.2 Å². The second-order valence-electron chi connectivity index (χ2n) is 9.83.